The number of rotatable bonds is 3. The van der Waals surface area contributed by atoms with E-state index in [1.807, 2.05) is 0 Å². The maximum absolute atomic E-state index is 12.0. The quantitative estimate of drug-likeness (QED) is 0.643. The first-order valence-corrected chi connectivity index (χ1v) is 6.18. The number of anilines is 1. The second-order valence-corrected chi connectivity index (χ2v) is 4.68. The highest BCUT2D eigenvalue weighted by atomic mass is 35.5. The molecular weight excluding hydrogens is 282 g/mol. The lowest BCUT2D eigenvalue weighted by Gasteiger charge is -2.14. The zero-order valence-electron chi connectivity index (χ0n) is 10.1. The summed E-state index contributed by atoms with van der Waals surface area (Å²) in [4.78, 5) is 35.8. The molecule has 0 N–H and O–H groups in total. The number of halogens is 1. The highest BCUT2D eigenvalue weighted by Crippen LogP contribution is 2.35. The number of carbonyl (C=O) groups excluding carboxylic acids is 3. The van der Waals surface area contributed by atoms with E-state index in [2.05, 4.69) is 0 Å². The Bertz CT molecular complexity index is 735. The molecule has 20 heavy (non-hydrogen) atoms. The van der Waals surface area contributed by atoms with Crippen molar-refractivity contribution in [1.29, 1.82) is 0 Å². The van der Waals surface area contributed by atoms with Gasteiger partial charge in [-0.05, 0) is 24.3 Å². The summed E-state index contributed by atoms with van der Waals surface area (Å²) in [5.41, 5.74) is 0.665. The molecule has 100 valence electrons. The molecule has 1 amide bonds. The monoisotopic (exact) mass is 289 g/mol. The normalized spacial score (nSPS) is 13.8. The van der Waals surface area contributed by atoms with Gasteiger partial charge in [-0.1, -0.05) is 17.7 Å². The van der Waals surface area contributed by atoms with E-state index in [1.165, 1.54) is 11.0 Å². The van der Waals surface area contributed by atoms with E-state index in [4.69, 9.17) is 16.0 Å². The maximum atomic E-state index is 12.0. The van der Waals surface area contributed by atoms with Crippen LogP contribution >= 0.6 is 11.6 Å². The molecule has 3 rings (SSSR count). The first-order valence-electron chi connectivity index (χ1n) is 5.80. The van der Waals surface area contributed by atoms with E-state index in [0.29, 0.717) is 17.7 Å². The van der Waals surface area contributed by atoms with Gasteiger partial charge >= 0.3 is 0 Å². The van der Waals surface area contributed by atoms with Gasteiger partial charge in [-0.25, -0.2) is 0 Å². The van der Waals surface area contributed by atoms with E-state index < -0.39 is 11.7 Å². The fourth-order valence-electron chi connectivity index (χ4n) is 2.16. The average Bonchev–Trinajstić information content (AvgIpc) is 2.99. The second kappa shape index (κ2) is 4.61. The largest absolute Gasteiger partial charge is 0.456 e. The fourth-order valence-corrected chi connectivity index (χ4v) is 2.41. The van der Waals surface area contributed by atoms with Gasteiger partial charge in [0.05, 0.1) is 22.8 Å². The third-order valence-electron chi connectivity index (χ3n) is 3.06. The summed E-state index contributed by atoms with van der Waals surface area (Å²) in [7, 11) is 0. The number of aldehydes is 1. The predicted octanol–water partition coefficient (Wildman–Crippen LogP) is 2.48. The van der Waals surface area contributed by atoms with E-state index in [-0.39, 0.29) is 22.9 Å². The third kappa shape index (κ3) is 1.83. The number of hydrogen-bond acceptors (Lipinski definition) is 4. The van der Waals surface area contributed by atoms with Crippen molar-refractivity contribution in [3.05, 3.63) is 52.4 Å². The zero-order chi connectivity index (χ0) is 14.3. The molecule has 2 aromatic rings. The van der Waals surface area contributed by atoms with Crippen LogP contribution in [0.1, 0.15) is 26.7 Å². The first-order chi connectivity index (χ1) is 9.61. The Labute approximate surface area is 118 Å². The summed E-state index contributed by atoms with van der Waals surface area (Å²) in [6.07, 6.45) is 0.575. The van der Waals surface area contributed by atoms with E-state index in [9.17, 15) is 14.4 Å². The van der Waals surface area contributed by atoms with Crippen LogP contribution in [0.15, 0.2) is 34.7 Å². The number of Topliss-reactive ketones (excluding diaryl/α,β-unsaturated/α-hetero) is 1. The fraction of sp³-hybridized carbons (Fsp3) is 0.0714. The molecule has 0 aliphatic carbocycles. The van der Waals surface area contributed by atoms with Gasteiger partial charge < -0.3 is 4.42 Å². The number of carbonyl (C=O) groups is 3. The lowest BCUT2D eigenvalue weighted by Crippen LogP contribution is -2.28. The summed E-state index contributed by atoms with van der Waals surface area (Å²) in [6, 6.07) is 7.96. The molecule has 6 heteroatoms. The molecule has 2 heterocycles. The van der Waals surface area contributed by atoms with Crippen molar-refractivity contribution in [1.82, 2.24) is 0 Å². The molecule has 1 aliphatic heterocycles. The van der Waals surface area contributed by atoms with Gasteiger partial charge in [-0.3, -0.25) is 19.3 Å². The number of amides is 1. The molecule has 0 radical (unpaired) electrons. The van der Waals surface area contributed by atoms with Crippen molar-refractivity contribution in [3.63, 3.8) is 0 Å². The number of fused-ring (bicyclic) bond motifs is 1. The van der Waals surface area contributed by atoms with Crippen LogP contribution in [0.25, 0.3) is 0 Å². The van der Waals surface area contributed by atoms with Crippen molar-refractivity contribution in [2.75, 3.05) is 4.90 Å². The van der Waals surface area contributed by atoms with Gasteiger partial charge in [0.15, 0.2) is 12.0 Å². The summed E-state index contributed by atoms with van der Waals surface area (Å²) < 4.78 is 5.22. The minimum Gasteiger partial charge on any atom is -0.456 e. The molecule has 0 saturated heterocycles. The Morgan fingerprint density at radius 3 is 2.70 bits per heavy atom. The van der Waals surface area contributed by atoms with Crippen molar-refractivity contribution >= 4 is 35.3 Å². The molecule has 0 unspecified atom stereocenters. The lowest BCUT2D eigenvalue weighted by molar-refractivity contribution is -0.114. The molecule has 1 aromatic carbocycles. The number of hydrogen-bond donors (Lipinski definition) is 0. The van der Waals surface area contributed by atoms with Gasteiger partial charge in [-0.15, -0.1) is 0 Å². The minimum atomic E-state index is -0.655. The Morgan fingerprint density at radius 2 is 2.00 bits per heavy atom. The van der Waals surface area contributed by atoms with Crippen LogP contribution in [0, 0.1) is 0 Å². The van der Waals surface area contributed by atoms with Crippen molar-refractivity contribution in [2.45, 2.75) is 6.54 Å². The topological polar surface area (TPSA) is 67.6 Å². The molecular formula is C14H8ClNO4. The molecule has 1 aliphatic rings. The van der Waals surface area contributed by atoms with Gasteiger partial charge in [-0.2, -0.15) is 0 Å². The van der Waals surface area contributed by atoms with E-state index >= 15 is 0 Å². The second-order valence-electron chi connectivity index (χ2n) is 4.28. The molecule has 0 saturated carbocycles. The standard InChI is InChI=1S/C14H8ClNO4/c15-10-2-1-3-11-12(10)13(18)14(19)16(11)6-8-4-5-9(7-17)20-8/h1-5,7H,6H2. The minimum absolute atomic E-state index is 0.0752. The smallest absolute Gasteiger partial charge is 0.299 e. The average molecular weight is 290 g/mol. The summed E-state index contributed by atoms with van der Waals surface area (Å²) in [5.74, 6) is -0.699. The van der Waals surface area contributed by atoms with Gasteiger partial charge in [0.2, 0.25) is 0 Å². The molecule has 5 nitrogen and oxygen atoms in total. The number of nitrogens with zero attached hydrogens (tertiary/aromatic N) is 1. The molecule has 0 bridgehead atoms. The molecule has 0 spiro atoms. The number of benzene rings is 1. The Morgan fingerprint density at radius 1 is 1.20 bits per heavy atom. The van der Waals surface area contributed by atoms with Crippen LogP contribution in [0.4, 0.5) is 5.69 Å². The molecule has 0 fully saturated rings. The van der Waals surface area contributed by atoms with Crippen molar-refractivity contribution in [2.24, 2.45) is 0 Å². The zero-order valence-corrected chi connectivity index (χ0v) is 10.9. The van der Waals surface area contributed by atoms with Gasteiger partial charge in [0.25, 0.3) is 11.7 Å². The van der Waals surface area contributed by atoms with Gasteiger partial charge in [0.1, 0.15) is 5.76 Å². The summed E-state index contributed by atoms with van der Waals surface area (Å²) >= 11 is 5.96. The van der Waals surface area contributed by atoms with Crippen LogP contribution in [0.3, 0.4) is 0 Å². The van der Waals surface area contributed by atoms with Crippen molar-refractivity contribution < 1.29 is 18.8 Å². The van der Waals surface area contributed by atoms with Crippen LogP contribution in [0.5, 0.6) is 0 Å². The Hall–Kier alpha value is -2.40. The van der Waals surface area contributed by atoms with E-state index in [0.717, 1.165) is 0 Å². The summed E-state index contributed by atoms with van der Waals surface area (Å²) in [6.45, 7) is 0.0752. The number of furan rings is 1. The van der Waals surface area contributed by atoms with E-state index in [1.54, 1.807) is 24.3 Å². The summed E-state index contributed by atoms with van der Waals surface area (Å²) in [5, 5.41) is 0.247. The predicted molar refractivity (Wildman–Crippen MR) is 71.1 cm³/mol. The van der Waals surface area contributed by atoms with Crippen LogP contribution in [0.2, 0.25) is 5.02 Å². The van der Waals surface area contributed by atoms with Gasteiger partial charge in [0, 0.05) is 0 Å². The van der Waals surface area contributed by atoms with Crippen LogP contribution in [-0.2, 0) is 11.3 Å². The van der Waals surface area contributed by atoms with Crippen LogP contribution in [-0.4, -0.2) is 18.0 Å². The SMILES string of the molecule is O=Cc1ccc(CN2C(=O)C(=O)c3c(Cl)cccc32)o1. The maximum Gasteiger partial charge on any atom is 0.299 e. The first kappa shape index (κ1) is 12.6. The highest BCUT2D eigenvalue weighted by Gasteiger charge is 2.37. The molecule has 1 aromatic heterocycles. The third-order valence-corrected chi connectivity index (χ3v) is 3.38. The van der Waals surface area contributed by atoms with Crippen molar-refractivity contribution in [3.8, 4) is 0 Å². The number of ketones is 1. The molecule has 0 atom stereocenters. The Kier molecular flexibility index (Phi) is 2.91. The lowest BCUT2D eigenvalue weighted by atomic mass is 10.1. The van der Waals surface area contributed by atoms with Crippen LogP contribution < -0.4 is 4.90 Å². The highest BCUT2D eigenvalue weighted by molar-refractivity contribution is 6.55. The Balaban J connectivity index is 1.99.